The minimum absolute atomic E-state index is 0.0267. The molecule has 5 atom stereocenters. The van der Waals surface area contributed by atoms with E-state index in [9.17, 15) is 42.0 Å². The Balaban J connectivity index is 2.36. The Bertz CT molecular complexity index is 2260. The smallest absolute Gasteiger partial charge is 0.312 e. The van der Waals surface area contributed by atoms with E-state index in [1.165, 1.54) is 36.1 Å². The van der Waals surface area contributed by atoms with Crippen molar-refractivity contribution in [3.05, 3.63) is 71.3 Å². The van der Waals surface area contributed by atoms with Crippen molar-refractivity contribution < 1.29 is 42.0 Å². The quantitative estimate of drug-likeness (QED) is 0.0514. The Hall–Kier alpha value is -5.82. The number of hydrogen-bond acceptors (Lipinski definition) is 10. The average molecular weight is 982 g/mol. The van der Waals surface area contributed by atoms with Gasteiger partial charge in [-0.05, 0) is 86.2 Å². The van der Waals surface area contributed by atoms with E-state index in [1.807, 2.05) is 85.7 Å². The Morgan fingerprint density at radius 1 is 0.812 bits per heavy atom. The van der Waals surface area contributed by atoms with Crippen LogP contribution in [0.25, 0.3) is 0 Å². The van der Waals surface area contributed by atoms with Gasteiger partial charge in [0.15, 0.2) is 0 Å². The number of urea groups is 1. The fourth-order valence-electron chi connectivity index (χ4n) is 7.90. The van der Waals surface area contributed by atoms with Gasteiger partial charge in [0, 0.05) is 36.7 Å². The molecule has 2 aromatic carbocycles. The van der Waals surface area contributed by atoms with E-state index < -0.39 is 80.7 Å². The fraction of sp³-hybridized carbons (Fsp3) is 0.580. The van der Waals surface area contributed by atoms with Crippen LogP contribution in [0.3, 0.4) is 0 Å². The van der Waals surface area contributed by atoms with Gasteiger partial charge in [0.25, 0.3) is 15.9 Å². The third-order valence-electron chi connectivity index (χ3n) is 12.0. The fourth-order valence-corrected chi connectivity index (χ4v) is 9.21. The van der Waals surface area contributed by atoms with Crippen molar-refractivity contribution in [2.45, 2.75) is 156 Å². The molecule has 9 N–H and O–H groups in total. The number of hydrogen-bond donors (Lipinski definition) is 8. The lowest BCUT2D eigenvalue weighted by Gasteiger charge is -2.40. The van der Waals surface area contributed by atoms with Crippen LogP contribution >= 0.6 is 0 Å². The summed E-state index contributed by atoms with van der Waals surface area (Å²) in [6, 6.07) is 8.52. The highest BCUT2D eigenvalue weighted by molar-refractivity contribution is 7.90. The number of benzene rings is 2. The predicted molar refractivity (Wildman–Crippen MR) is 269 cm³/mol. The molecule has 0 saturated heterocycles. The second kappa shape index (κ2) is 26.2. The number of primary amides is 1. The van der Waals surface area contributed by atoms with Gasteiger partial charge in [-0.2, -0.15) is 0 Å². The lowest BCUT2D eigenvalue weighted by atomic mass is 9.76. The van der Waals surface area contributed by atoms with Crippen molar-refractivity contribution in [1.29, 1.82) is 0 Å². The first-order valence-electron chi connectivity index (χ1n) is 23.7. The second-order valence-corrected chi connectivity index (χ2v) is 21.4. The number of nitrogens with zero attached hydrogens (tertiary/aromatic N) is 1. The minimum atomic E-state index is -4.48. The van der Waals surface area contributed by atoms with Crippen LogP contribution in [0.1, 0.15) is 120 Å². The molecule has 0 aromatic heterocycles. The van der Waals surface area contributed by atoms with E-state index in [-0.39, 0.29) is 77.6 Å². The summed E-state index contributed by atoms with van der Waals surface area (Å²) < 4.78 is 29.9. The van der Waals surface area contributed by atoms with E-state index >= 15 is 0 Å². The lowest BCUT2D eigenvalue weighted by molar-refractivity contribution is -0.141. The number of aryl methyl sites for hydroxylation is 1. The zero-order chi connectivity index (χ0) is 52.6. The van der Waals surface area contributed by atoms with Gasteiger partial charge >= 0.3 is 6.03 Å². The summed E-state index contributed by atoms with van der Waals surface area (Å²) in [5.74, 6) is -3.75. The molecular weight excluding hydrogens is 903 g/mol. The number of nitrogens with one attached hydrogen (secondary N) is 7. The molecule has 69 heavy (non-hydrogen) atoms. The summed E-state index contributed by atoms with van der Waals surface area (Å²) in [6.07, 6.45) is 2.85. The molecule has 19 heteroatoms. The maximum atomic E-state index is 14.4. The van der Waals surface area contributed by atoms with Crippen LogP contribution in [-0.4, -0.2) is 106 Å². The number of carbonyl (C=O) groups is 7. The van der Waals surface area contributed by atoms with Crippen molar-refractivity contribution in [3.63, 3.8) is 0 Å². The van der Waals surface area contributed by atoms with Crippen LogP contribution < -0.4 is 42.4 Å². The highest BCUT2D eigenvalue weighted by atomic mass is 32.2. The lowest BCUT2D eigenvalue weighted by Crippen LogP contribution is -2.61. The van der Waals surface area contributed by atoms with Gasteiger partial charge in [-0.25, -0.2) is 17.9 Å². The molecule has 18 nitrogen and oxygen atoms in total. The largest absolute Gasteiger partial charge is 0.352 e. The maximum absolute atomic E-state index is 14.4. The molecule has 2 unspecified atom stereocenters. The Morgan fingerprint density at radius 2 is 1.43 bits per heavy atom. The summed E-state index contributed by atoms with van der Waals surface area (Å²) in [7, 11) is -1.20. The standard InChI is InChI=1S/C50H79N9O9S/c1-15-21-39(60)56-40(31(5)6)45(63)55-36(24-20-27-53-48(51)66)44(62)54-35-25-26-38(33(16-2)29-35)69(67,68)58-43(61)32(7)28-37(30(3)4)59(14)47(65)42(49(8,9)10)57-46(64)41(52-13)50(11,12)34-22-18-17-19-23-34/h17-19,22-23,25-26,28-31,36-37,40-42,52H,15-16,20-21,24,27H2,1-14H3,(H,54,62)(H,55,63)(H,56,60)(H,57,64)(H,58,61)(H3,51,53,66)/b32-28+/t36-,37+,40?,41+,42?/m0/s1. The normalized spacial score (nSPS) is 14.4. The first-order chi connectivity index (χ1) is 32.0. The molecule has 0 spiro atoms. The molecular formula is C50H79N9O9S. The molecule has 8 amide bonds. The van der Waals surface area contributed by atoms with Gasteiger partial charge in [-0.15, -0.1) is 0 Å². The average Bonchev–Trinajstić information content (AvgIpc) is 3.26. The van der Waals surface area contributed by atoms with Crippen molar-refractivity contribution in [2.75, 3.05) is 26.0 Å². The minimum Gasteiger partial charge on any atom is -0.352 e. The van der Waals surface area contributed by atoms with E-state index in [0.717, 1.165) is 5.56 Å². The summed E-state index contributed by atoms with van der Waals surface area (Å²) in [6.45, 7) is 21.8. The van der Waals surface area contributed by atoms with Gasteiger partial charge < -0.3 is 42.5 Å². The van der Waals surface area contributed by atoms with Crippen LogP contribution in [0, 0.1) is 17.3 Å². The van der Waals surface area contributed by atoms with Gasteiger partial charge in [0.1, 0.15) is 18.1 Å². The first-order valence-corrected chi connectivity index (χ1v) is 25.1. The van der Waals surface area contributed by atoms with E-state index in [2.05, 4.69) is 36.6 Å². The zero-order valence-electron chi connectivity index (χ0n) is 43.1. The van der Waals surface area contributed by atoms with Gasteiger partial charge in [0.05, 0.1) is 17.0 Å². The summed E-state index contributed by atoms with van der Waals surface area (Å²) in [5, 5.41) is 16.8. The molecule has 0 fully saturated rings. The molecule has 2 rings (SSSR count). The Kier molecular flexibility index (Phi) is 22.6. The number of likely N-dealkylation sites (N-methyl/N-ethyl adjacent to an activating group) is 2. The Morgan fingerprint density at radius 3 is 1.96 bits per heavy atom. The van der Waals surface area contributed by atoms with E-state index in [1.54, 1.807) is 34.9 Å². The molecule has 384 valence electrons. The SMILES string of the molecule is CCCC(=O)NC(C(=O)N[C@@H](CCCNC(N)=O)C(=O)Nc1ccc(S(=O)(=O)NC(=O)/C(C)=C/[C@H](C(C)C)N(C)C(=O)C(NC(=O)[C@@H](NC)C(C)(C)c2ccccc2)C(C)(C)C)c(CC)c1)C(C)C. The molecule has 0 radical (unpaired) electrons. The molecule has 2 aromatic rings. The number of nitrogens with two attached hydrogens (primary N) is 1. The van der Waals surface area contributed by atoms with E-state index in [0.29, 0.717) is 6.42 Å². The van der Waals surface area contributed by atoms with Gasteiger partial charge in [0.2, 0.25) is 29.5 Å². The highest BCUT2D eigenvalue weighted by Gasteiger charge is 2.42. The number of amides is 8. The molecule has 0 heterocycles. The molecule has 0 aliphatic carbocycles. The molecule has 0 aliphatic rings. The van der Waals surface area contributed by atoms with Gasteiger partial charge in [-0.3, -0.25) is 28.8 Å². The van der Waals surface area contributed by atoms with Crippen LogP contribution in [-0.2, 0) is 50.6 Å². The number of sulfonamides is 1. The monoisotopic (exact) mass is 982 g/mol. The third kappa shape index (κ3) is 17.3. The van der Waals surface area contributed by atoms with Crippen molar-refractivity contribution in [2.24, 2.45) is 23.0 Å². The maximum Gasteiger partial charge on any atom is 0.312 e. The summed E-state index contributed by atoms with van der Waals surface area (Å²) >= 11 is 0. The third-order valence-corrected chi connectivity index (χ3v) is 13.4. The van der Waals surface area contributed by atoms with E-state index in [4.69, 9.17) is 5.73 Å². The molecule has 0 bridgehead atoms. The number of rotatable bonds is 25. The summed E-state index contributed by atoms with van der Waals surface area (Å²) in [4.78, 5) is 94.1. The first kappa shape index (κ1) is 59.3. The van der Waals surface area contributed by atoms with Crippen LogP contribution in [0.5, 0.6) is 0 Å². The second-order valence-electron chi connectivity index (χ2n) is 19.8. The Labute approximate surface area is 410 Å². The topological polar surface area (TPSA) is 267 Å². The summed E-state index contributed by atoms with van der Waals surface area (Å²) in [5.41, 5.74) is 5.26. The molecule has 0 saturated carbocycles. The highest BCUT2D eigenvalue weighted by Crippen LogP contribution is 2.29. The van der Waals surface area contributed by atoms with Crippen LogP contribution in [0.4, 0.5) is 10.5 Å². The van der Waals surface area contributed by atoms with Crippen LogP contribution in [0.2, 0.25) is 0 Å². The molecule has 0 aliphatic heterocycles. The van der Waals surface area contributed by atoms with Crippen LogP contribution in [0.15, 0.2) is 65.1 Å². The van der Waals surface area contributed by atoms with Crippen molar-refractivity contribution in [3.8, 4) is 0 Å². The van der Waals surface area contributed by atoms with Crippen molar-refractivity contribution in [1.82, 2.24) is 36.2 Å². The number of anilines is 1. The van der Waals surface area contributed by atoms with Gasteiger partial charge in [-0.1, -0.05) is 113 Å². The predicted octanol–water partition coefficient (Wildman–Crippen LogP) is 4.39. The number of carbonyl (C=O) groups excluding carboxylic acids is 7. The van der Waals surface area contributed by atoms with Crippen molar-refractivity contribution >= 4 is 57.2 Å². The zero-order valence-corrected chi connectivity index (χ0v) is 43.9.